The van der Waals surface area contributed by atoms with Gasteiger partial charge < -0.3 is 0 Å². The Balaban J connectivity index is 2.02. The van der Waals surface area contributed by atoms with Gasteiger partial charge >= 0.3 is 0 Å². The molecule has 0 spiro atoms. The molecule has 0 unspecified atom stereocenters. The van der Waals surface area contributed by atoms with Crippen molar-refractivity contribution < 1.29 is 4.92 Å². The molecule has 19 heavy (non-hydrogen) atoms. The highest BCUT2D eigenvalue weighted by Crippen LogP contribution is 2.29. The normalized spacial score (nSPS) is 13.9. The van der Waals surface area contributed by atoms with Gasteiger partial charge in [0.2, 0.25) is 0 Å². The van der Waals surface area contributed by atoms with Gasteiger partial charge in [-0.3, -0.25) is 10.1 Å². The van der Waals surface area contributed by atoms with E-state index < -0.39 is 0 Å². The molecule has 0 fully saturated rings. The lowest BCUT2D eigenvalue weighted by Gasteiger charge is -2.16. The summed E-state index contributed by atoms with van der Waals surface area (Å²) in [5, 5.41) is 10.8. The first-order valence-electron chi connectivity index (χ1n) is 6.61. The molecule has 0 atom stereocenters. The number of fused-ring (bicyclic) bond motifs is 1. The van der Waals surface area contributed by atoms with Gasteiger partial charge in [0.25, 0.3) is 5.69 Å². The van der Waals surface area contributed by atoms with Crippen LogP contribution in [0, 0.1) is 10.1 Å². The first-order valence-corrected chi connectivity index (χ1v) is 6.61. The third-order valence-corrected chi connectivity index (χ3v) is 3.74. The quantitative estimate of drug-likeness (QED) is 0.596. The average molecular weight is 253 g/mol. The number of rotatable bonds is 2. The van der Waals surface area contributed by atoms with Crippen molar-refractivity contribution in [2.45, 2.75) is 25.7 Å². The first kappa shape index (κ1) is 11.9. The van der Waals surface area contributed by atoms with Gasteiger partial charge in [0, 0.05) is 12.1 Å². The zero-order chi connectivity index (χ0) is 13.2. The number of nitrogens with zero attached hydrogens (tertiary/aromatic N) is 1. The van der Waals surface area contributed by atoms with E-state index in [1.165, 1.54) is 30.0 Å². The van der Waals surface area contributed by atoms with Crippen molar-refractivity contribution in [3.05, 3.63) is 63.7 Å². The Morgan fingerprint density at radius 2 is 1.63 bits per heavy atom. The third kappa shape index (κ3) is 2.36. The Bertz CT molecular complexity index is 634. The summed E-state index contributed by atoms with van der Waals surface area (Å²) < 4.78 is 0. The molecule has 0 saturated heterocycles. The fourth-order valence-corrected chi connectivity index (χ4v) is 2.71. The average Bonchev–Trinajstić information content (AvgIpc) is 2.47. The smallest absolute Gasteiger partial charge is 0.258 e. The van der Waals surface area contributed by atoms with E-state index >= 15 is 0 Å². The summed E-state index contributed by atoms with van der Waals surface area (Å²) in [6, 6.07) is 13.3. The Hall–Kier alpha value is -2.16. The minimum atomic E-state index is -0.345. The second kappa shape index (κ2) is 4.84. The van der Waals surface area contributed by atoms with E-state index in [2.05, 4.69) is 18.2 Å². The molecular weight excluding hydrogens is 238 g/mol. The Kier molecular flexibility index (Phi) is 3.03. The Morgan fingerprint density at radius 1 is 0.895 bits per heavy atom. The van der Waals surface area contributed by atoms with E-state index in [1.807, 2.05) is 6.07 Å². The molecule has 2 aromatic carbocycles. The fourth-order valence-electron chi connectivity index (χ4n) is 2.71. The number of benzene rings is 2. The number of non-ortho nitro benzene ring substituents is 1. The van der Waals surface area contributed by atoms with Gasteiger partial charge in [-0.1, -0.05) is 30.3 Å². The second-order valence-electron chi connectivity index (χ2n) is 5.00. The SMILES string of the molecule is O=[N+]([O-])c1cccc(-c2ccc3c(c2)CCCC3)c1. The molecule has 0 amide bonds. The van der Waals surface area contributed by atoms with Crippen LogP contribution in [0.3, 0.4) is 0 Å². The van der Waals surface area contributed by atoms with Gasteiger partial charge in [-0.05, 0) is 47.9 Å². The highest BCUT2D eigenvalue weighted by Gasteiger charge is 2.11. The Labute approximate surface area is 112 Å². The van der Waals surface area contributed by atoms with Gasteiger partial charge in [-0.2, -0.15) is 0 Å². The summed E-state index contributed by atoms with van der Waals surface area (Å²) in [6.45, 7) is 0. The lowest BCUT2D eigenvalue weighted by Crippen LogP contribution is -2.02. The van der Waals surface area contributed by atoms with Gasteiger partial charge in [0.05, 0.1) is 4.92 Å². The molecule has 2 aromatic rings. The molecule has 1 aliphatic carbocycles. The summed E-state index contributed by atoms with van der Waals surface area (Å²) in [6.07, 6.45) is 4.79. The van der Waals surface area contributed by atoms with E-state index in [4.69, 9.17) is 0 Å². The van der Waals surface area contributed by atoms with Crippen LogP contribution < -0.4 is 0 Å². The van der Waals surface area contributed by atoms with Gasteiger partial charge in [-0.15, -0.1) is 0 Å². The van der Waals surface area contributed by atoms with Crippen molar-refractivity contribution in [3.63, 3.8) is 0 Å². The summed E-state index contributed by atoms with van der Waals surface area (Å²) >= 11 is 0. The summed E-state index contributed by atoms with van der Waals surface area (Å²) in [4.78, 5) is 10.5. The van der Waals surface area contributed by atoms with Gasteiger partial charge in [-0.25, -0.2) is 0 Å². The number of hydrogen-bond acceptors (Lipinski definition) is 2. The molecule has 3 nitrogen and oxygen atoms in total. The van der Waals surface area contributed by atoms with Crippen LogP contribution in [-0.4, -0.2) is 4.92 Å². The highest BCUT2D eigenvalue weighted by atomic mass is 16.6. The van der Waals surface area contributed by atoms with E-state index in [0.717, 1.165) is 24.0 Å². The van der Waals surface area contributed by atoms with Crippen LogP contribution in [0.1, 0.15) is 24.0 Å². The predicted octanol–water partition coefficient (Wildman–Crippen LogP) is 4.14. The molecule has 0 saturated carbocycles. The standard InChI is InChI=1S/C16H15NO2/c18-17(19)16-7-3-6-14(11-16)15-9-8-12-4-1-2-5-13(12)10-15/h3,6-11H,1-2,4-5H2. The molecule has 96 valence electrons. The van der Waals surface area contributed by atoms with Gasteiger partial charge in [0.15, 0.2) is 0 Å². The van der Waals surface area contributed by atoms with Crippen molar-refractivity contribution in [1.82, 2.24) is 0 Å². The fraction of sp³-hybridized carbons (Fsp3) is 0.250. The largest absolute Gasteiger partial charge is 0.270 e. The maximum Gasteiger partial charge on any atom is 0.270 e. The zero-order valence-electron chi connectivity index (χ0n) is 10.6. The molecule has 0 aliphatic heterocycles. The van der Waals surface area contributed by atoms with Crippen LogP contribution in [0.15, 0.2) is 42.5 Å². The van der Waals surface area contributed by atoms with Crippen LogP contribution in [0.2, 0.25) is 0 Å². The van der Waals surface area contributed by atoms with E-state index in [1.54, 1.807) is 12.1 Å². The van der Waals surface area contributed by atoms with Crippen LogP contribution in [0.5, 0.6) is 0 Å². The number of nitro groups is 1. The van der Waals surface area contributed by atoms with Crippen molar-refractivity contribution in [3.8, 4) is 11.1 Å². The van der Waals surface area contributed by atoms with Crippen molar-refractivity contribution in [1.29, 1.82) is 0 Å². The minimum absolute atomic E-state index is 0.148. The topological polar surface area (TPSA) is 43.1 Å². The van der Waals surface area contributed by atoms with E-state index in [0.29, 0.717) is 0 Å². The van der Waals surface area contributed by atoms with Crippen molar-refractivity contribution >= 4 is 5.69 Å². The molecule has 0 aromatic heterocycles. The maximum absolute atomic E-state index is 10.8. The minimum Gasteiger partial charge on any atom is -0.258 e. The lowest BCUT2D eigenvalue weighted by atomic mass is 9.89. The first-order chi connectivity index (χ1) is 9.24. The maximum atomic E-state index is 10.8. The molecular formula is C16H15NO2. The molecule has 0 bridgehead atoms. The van der Waals surface area contributed by atoms with Crippen LogP contribution in [0.4, 0.5) is 5.69 Å². The van der Waals surface area contributed by atoms with E-state index in [9.17, 15) is 10.1 Å². The second-order valence-corrected chi connectivity index (χ2v) is 5.00. The van der Waals surface area contributed by atoms with Crippen LogP contribution in [-0.2, 0) is 12.8 Å². The zero-order valence-corrected chi connectivity index (χ0v) is 10.6. The molecule has 3 rings (SSSR count). The molecule has 0 N–H and O–H groups in total. The molecule has 0 radical (unpaired) electrons. The number of nitro benzene ring substituents is 1. The summed E-state index contributed by atoms with van der Waals surface area (Å²) in [5.74, 6) is 0. The third-order valence-electron chi connectivity index (χ3n) is 3.74. The molecule has 0 heterocycles. The summed E-state index contributed by atoms with van der Waals surface area (Å²) in [5.41, 5.74) is 4.97. The van der Waals surface area contributed by atoms with Gasteiger partial charge in [0.1, 0.15) is 0 Å². The lowest BCUT2D eigenvalue weighted by molar-refractivity contribution is -0.384. The van der Waals surface area contributed by atoms with Crippen molar-refractivity contribution in [2.24, 2.45) is 0 Å². The van der Waals surface area contributed by atoms with Crippen molar-refractivity contribution in [2.75, 3.05) is 0 Å². The van der Waals surface area contributed by atoms with Crippen LogP contribution >= 0.6 is 0 Å². The Morgan fingerprint density at radius 3 is 2.42 bits per heavy atom. The van der Waals surface area contributed by atoms with Crippen LogP contribution in [0.25, 0.3) is 11.1 Å². The summed E-state index contributed by atoms with van der Waals surface area (Å²) in [7, 11) is 0. The molecule has 3 heteroatoms. The highest BCUT2D eigenvalue weighted by molar-refractivity contribution is 5.67. The molecule has 1 aliphatic rings. The monoisotopic (exact) mass is 253 g/mol. The predicted molar refractivity (Wildman–Crippen MR) is 75.2 cm³/mol. The van der Waals surface area contributed by atoms with E-state index in [-0.39, 0.29) is 10.6 Å². The number of hydrogen-bond donors (Lipinski definition) is 0. The number of aryl methyl sites for hydroxylation is 2.